The van der Waals surface area contributed by atoms with Gasteiger partial charge in [-0.15, -0.1) is 0 Å². The second kappa shape index (κ2) is 4.78. The van der Waals surface area contributed by atoms with Crippen molar-refractivity contribution in [2.75, 3.05) is 6.54 Å². The summed E-state index contributed by atoms with van der Waals surface area (Å²) in [6, 6.07) is 0. The van der Waals surface area contributed by atoms with Crippen LogP contribution >= 0.6 is 0 Å². The maximum Gasteiger partial charge on any atom is 0.245 e. The molecular formula is C11H20N2O3S. The SMILES string of the molecule is Cc1noc(C)c1S(=O)(=O)NCCC(C)(C)C. The molecule has 0 saturated heterocycles. The molecule has 6 heteroatoms. The second-order valence-electron chi connectivity index (χ2n) is 5.36. The van der Waals surface area contributed by atoms with E-state index in [4.69, 9.17) is 4.52 Å². The van der Waals surface area contributed by atoms with Crippen molar-refractivity contribution in [3.8, 4) is 0 Å². The number of rotatable bonds is 4. The smallest absolute Gasteiger partial charge is 0.245 e. The highest BCUT2D eigenvalue weighted by molar-refractivity contribution is 7.89. The summed E-state index contributed by atoms with van der Waals surface area (Å²) < 4.78 is 31.5. The van der Waals surface area contributed by atoms with Crippen LogP contribution in [0.5, 0.6) is 0 Å². The lowest BCUT2D eigenvalue weighted by Crippen LogP contribution is -2.28. The molecule has 0 saturated carbocycles. The van der Waals surface area contributed by atoms with Gasteiger partial charge in [-0.25, -0.2) is 13.1 Å². The predicted octanol–water partition coefficient (Wildman–Crippen LogP) is 2.01. The van der Waals surface area contributed by atoms with Crippen LogP contribution in [0.4, 0.5) is 0 Å². The molecular weight excluding hydrogens is 240 g/mol. The molecule has 98 valence electrons. The van der Waals surface area contributed by atoms with Crippen LogP contribution in [0.25, 0.3) is 0 Å². The van der Waals surface area contributed by atoms with Crippen molar-refractivity contribution in [3.05, 3.63) is 11.5 Å². The Hall–Kier alpha value is -0.880. The predicted molar refractivity (Wildman–Crippen MR) is 65.2 cm³/mol. The van der Waals surface area contributed by atoms with Crippen LogP contribution in [0.2, 0.25) is 0 Å². The van der Waals surface area contributed by atoms with E-state index < -0.39 is 10.0 Å². The van der Waals surface area contributed by atoms with Crippen molar-refractivity contribution < 1.29 is 12.9 Å². The first kappa shape index (κ1) is 14.2. The fourth-order valence-corrected chi connectivity index (χ4v) is 2.85. The van der Waals surface area contributed by atoms with Crippen LogP contribution in [-0.4, -0.2) is 20.1 Å². The van der Waals surface area contributed by atoms with Crippen molar-refractivity contribution in [2.45, 2.75) is 45.9 Å². The minimum Gasteiger partial charge on any atom is -0.360 e. The van der Waals surface area contributed by atoms with Crippen molar-refractivity contribution >= 4 is 10.0 Å². The molecule has 0 aliphatic rings. The summed E-state index contributed by atoms with van der Waals surface area (Å²) in [5, 5.41) is 3.65. The summed E-state index contributed by atoms with van der Waals surface area (Å²) in [6.07, 6.45) is 0.773. The Kier molecular flexibility index (Phi) is 3.99. The Bertz CT molecular complexity index is 464. The van der Waals surface area contributed by atoms with Gasteiger partial charge in [0.2, 0.25) is 10.0 Å². The van der Waals surface area contributed by atoms with E-state index in [0.717, 1.165) is 6.42 Å². The van der Waals surface area contributed by atoms with E-state index in [9.17, 15) is 8.42 Å². The molecule has 0 aliphatic heterocycles. The zero-order valence-electron chi connectivity index (χ0n) is 11.0. The average Bonchev–Trinajstić information content (AvgIpc) is 2.43. The van der Waals surface area contributed by atoms with E-state index in [2.05, 4.69) is 30.6 Å². The van der Waals surface area contributed by atoms with Gasteiger partial charge in [-0.05, 0) is 25.7 Å². The molecule has 0 radical (unpaired) electrons. The minimum atomic E-state index is -3.51. The molecule has 17 heavy (non-hydrogen) atoms. The first-order valence-electron chi connectivity index (χ1n) is 5.56. The largest absolute Gasteiger partial charge is 0.360 e. The molecule has 1 aromatic rings. The van der Waals surface area contributed by atoms with Crippen LogP contribution < -0.4 is 4.72 Å². The standard InChI is InChI=1S/C11H20N2O3S/c1-8-10(9(2)16-13-8)17(14,15)12-7-6-11(3,4)5/h12H,6-7H2,1-5H3. The Morgan fingerprint density at radius 2 is 1.88 bits per heavy atom. The summed E-state index contributed by atoms with van der Waals surface area (Å²) in [4.78, 5) is 0.159. The number of aromatic nitrogens is 1. The number of nitrogens with zero attached hydrogens (tertiary/aromatic N) is 1. The fourth-order valence-electron chi connectivity index (χ4n) is 1.49. The molecule has 0 unspecified atom stereocenters. The van der Waals surface area contributed by atoms with Crippen molar-refractivity contribution in [2.24, 2.45) is 5.41 Å². The number of nitrogens with one attached hydrogen (secondary N) is 1. The summed E-state index contributed by atoms with van der Waals surface area (Å²) >= 11 is 0. The summed E-state index contributed by atoms with van der Waals surface area (Å²) in [6.45, 7) is 9.83. The monoisotopic (exact) mass is 260 g/mol. The minimum absolute atomic E-state index is 0.0985. The van der Waals surface area contributed by atoms with Gasteiger partial charge in [0.1, 0.15) is 10.6 Å². The van der Waals surface area contributed by atoms with Gasteiger partial charge in [0, 0.05) is 6.54 Å². The van der Waals surface area contributed by atoms with E-state index >= 15 is 0 Å². The number of aryl methyl sites for hydroxylation is 2. The van der Waals surface area contributed by atoms with Gasteiger partial charge in [0.25, 0.3) is 0 Å². The van der Waals surface area contributed by atoms with Crippen LogP contribution in [-0.2, 0) is 10.0 Å². The highest BCUT2D eigenvalue weighted by Crippen LogP contribution is 2.20. The highest BCUT2D eigenvalue weighted by Gasteiger charge is 2.24. The van der Waals surface area contributed by atoms with Crippen LogP contribution in [0.3, 0.4) is 0 Å². The van der Waals surface area contributed by atoms with Crippen LogP contribution in [0.15, 0.2) is 9.42 Å². The normalized spacial score (nSPS) is 13.0. The van der Waals surface area contributed by atoms with Crippen molar-refractivity contribution in [1.82, 2.24) is 9.88 Å². The van der Waals surface area contributed by atoms with Gasteiger partial charge >= 0.3 is 0 Å². The third-order valence-electron chi connectivity index (χ3n) is 2.40. The second-order valence-corrected chi connectivity index (χ2v) is 7.07. The molecule has 0 aromatic carbocycles. The lowest BCUT2D eigenvalue weighted by molar-refractivity contribution is 0.378. The van der Waals surface area contributed by atoms with E-state index in [1.807, 2.05) is 0 Å². The molecule has 5 nitrogen and oxygen atoms in total. The summed E-state index contributed by atoms with van der Waals surface area (Å²) in [5.74, 6) is 0.325. The third kappa shape index (κ3) is 3.81. The van der Waals surface area contributed by atoms with E-state index in [0.29, 0.717) is 18.0 Å². The van der Waals surface area contributed by atoms with Gasteiger partial charge in [-0.3, -0.25) is 0 Å². The summed E-state index contributed by atoms with van der Waals surface area (Å²) in [7, 11) is -3.51. The fraction of sp³-hybridized carbons (Fsp3) is 0.727. The Morgan fingerprint density at radius 3 is 2.29 bits per heavy atom. The lowest BCUT2D eigenvalue weighted by Gasteiger charge is -2.17. The maximum atomic E-state index is 12.0. The van der Waals surface area contributed by atoms with E-state index in [1.54, 1.807) is 13.8 Å². The Balaban J connectivity index is 2.77. The molecule has 0 aliphatic carbocycles. The molecule has 0 fully saturated rings. The van der Waals surface area contributed by atoms with Crippen LogP contribution in [0.1, 0.15) is 38.6 Å². The molecule has 0 amide bonds. The lowest BCUT2D eigenvalue weighted by atomic mass is 9.93. The molecule has 0 atom stereocenters. The molecule has 1 rings (SSSR count). The van der Waals surface area contributed by atoms with E-state index in [-0.39, 0.29) is 10.3 Å². The molecule has 1 aromatic heterocycles. The molecule has 1 heterocycles. The quantitative estimate of drug-likeness (QED) is 0.898. The molecule has 0 bridgehead atoms. The van der Waals surface area contributed by atoms with Gasteiger partial charge in [0.15, 0.2) is 5.76 Å². The maximum absolute atomic E-state index is 12.0. The van der Waals surface area contributed by atoms with Gasteiger partial charge in [-0.2, -0.15) is 0 Å². The topological polar surface area (TPSA) is 72.2 Å². The molecule has 0 spiro atoms. The number of hydrogen-bond donors (Lipinski definition) is 1. The first-order valence-corrected chi connectivity index (χ1v) is 7.04. The van der Waals surface area contributed by atoms with Gasteiger partial charge in [-0.1, -0.05) is 25.9 Å². The third-order valence-corrected chi connectivity index (χ3v) is 4.11. The molecule has 1 N–H and O–H groups in total. The number of hydrogen-bond acceptors (Lipinski definition) is 4. The Morgan fingerprint density at radius 1 is 1.29 bits per heavy atom. The average molecular weight is 260 g/mol. The Labute approximate surface area is 103 Å². The zero-order chi connectivity index (χ0) is 13.3. The first-order chi connectivity index (χ1) is 7.63. The number of sulfonamides is 1. The highest BCUT2D eigenvalue weighted by atomic mass is 32.2. The van der Waals surface area contributed by atoms with Crippen molar-refractivity contribution in [3.63, 3.8) is 0 Å². The van der Waals surface area contributed by atoms with Crippen LogP contribution in [0, 0.1) is 19.3 Å². The van der Waals surface area contributed by atoms with Crippen molar-refractivity contribution in [1.29, 1.82) is 0 Å². The zero-order valence-corrected chi connectivity index (χ0v) is 11.8. The van der Waals surface area contributed by atoms with Gasteiger partial charge < -0.3 is 4.52 Å². The van der Waals surface area contributed by atoms with Gasteiger partial charge in [0.05, 0.1) is 0 Å². The summed E-state index contributed by atoms with van der Waals surface area (Å²) in [5.41, 5.74) is 0.493. The van der Waals surface area contributed by atoms with E-state index in [1.165, 1.54) is 0 Å².